The van der Waals surface area contributed by atoms with Crippen molar-refractivity contribution in [3.8, 4) is 0 Å². The molecule has 33 heavy (non-hydrogen) atoms. The summed E-state index contributed by atoms with van der Waals surface area (Å²) in [6, 6.07) is 7.33. The number of halogens is 2. The molecule has 11 heteroatoms. The highest BCUT2D eigenvalue weighted by Gasteiger charge is 2.27. The molecular weight excluding hydrogens is 456 g/mol. The summed E-state index contributed by atoms with van der Waals surface area (Å²) in [5.41, 5.74) is -0.289. The molecule has 0 radical (unpaired) electrons. The SMILES string of the molecule is CC(NC(=O)c1cc(=O)[nH]c2ccc(S(=O)(=O)N3CCOCC3)cc12)c1ccc(F)cc1F. The number of aromatic amines is 1. The molecule has 1 fully saturated rings. The molecule has 1 aliphatic rings. The Kier molecular flexibility index (Phi) is 6.28. The highest BCUT2D eigenvalue weighted by atomic mass is 32.2. The van der Waals surface area contributed by atoms with E-state index in [0.717, 1.165) is 12.1 Å². The van der Waals surface area contributed by atoms with Gasteiger partial charge in [-0.2, -0.15) is 4.31 Å². The molecular formula is C22H21F2N3O5S. The average Bonchev–Trinajstić information content (AvgIpc) is 2.78. The van der Waals surface area contributed by atoms with Gasteiger partial charge in [0.05, 0.1) is 29.7 Å². The quantitative estimate of drug-likeness (QED) is 0.586. The number of aromatic nitrogens is 1. The Bertz CT molecular complexity index is 1380. The van der Waals surface area contributed by atoms with Gasteiger partial charge in [-0.25, -0.2) is 17.2 Å². The molecule has 1 unspecified atom stereocenters. The summed E-state index contributed by atoms with van der Waals surface area (Å²) >= 11 is 0. The molecule has 2 N–H and O–H groups in total. The van der Waals surface area contributed by atoms with Crippen LogP contribution in [0.15, 0.2) is 52.2 Å². The maximum absolute atomic E-state index is 14.1. The third-order valence-electron chi connectivity index (χ3n) is 5.44. The average molecular weight is 477 g/mol. The van der Waals surface area contributed by atoms with Crippen LogP contribution in [0.5, 0.6) is 0 Å². The number of fused-ring (bicyclic) bond motifs is 1. The van der Waals surface area contributed by atoms with Crippen LogP contribution >= 0.6 is 0 Å². The Morgan fingerprint density at radius 1 is 1.12 bits per heavy atom. The zero-order chi connectivity index (χ0) is 23.8. The van der Waals surface area contributed by atoms with Crippen LogP contribution < -0.4 is 10.9 Å². The first-order chi connectivity index (χ1) is 15.7. The van der Waals surface area contributed by atoms with Crippen molar-refractivity contribution in [2.24, 2.45) is 0 Å². The molecule has 2 heterocycles. The second-order valence-electron chi connectivity index (χ2n) is 7.63. The number of nitrogens with zero attached hydrogens (tertiary/aromatic N) is 1. The van der Waals surface area contributed by atoms with Crippen LogP contribution in [0.25, 0.3) is 10.9 Å². The van der Waals surface area contributed by atoms with Gasteiger partial charge in [-0.15, -0.1) is 0 Å². The molecule has 2 aromatic carbocycles. The van der Waals surface area contributed by atoms with Gasteiger partial charge < -0.3 is 15.0 Å². The zero-order valence-corrected chi connectivity index (χ0v) is 18.4. The van der Waals surface area contributed by atoms with Gasteiger partial charge in [0.2, 0.25) is 15.6 Å². The van der Waals surface area contributed by atoms with Crippen molar-refractivity contribution in [1.29, 1.82) is 0 Å². The number of nitrogens with one attached hydrogen (secondary N) is 2. The number of ether oxygens (including phenoxy) is 1. The number of hydrogen-bond acceptors (Lipinski definition) is 5. The van der Waals surface area contributed by atoms with E-state index >= 15 is 0 Å². The van der Waals surface area contributed by atoms with Crippen molar-refractivity contribution in [3.63, 3.8) is 0 Å². The lowest BCUT2D eigenvalue weighted by molar-refractivity contribution is 0.0730. The molecule has 1 saturated heterocycles. The second-order valence-corrected chi connectivity index (χ2v) is 9.57. The predicted octanol–water partition coefficient (Wildman–Crippen LogP) is 2.32. The highest BCUT2D eigenvalue weighted by molar-refractivity contribution is 7.89. The molecule has 1 atom stereocenters. The summed E-state index contributed by atoms with van der Waals surface area (Å²) in [4.78, 5) is 27.7. The van der Waals surface area contributed by atoms with Crippen molar-refractivity contribution in [3.05, 3.63) is 75.6 Å². The summed E-state index contributed by atoms with van der Waals surface area (Å²) in [6.07, 6.45) is 0. The predicted molar refractivity (Wildman–Crippen MR) is 116 cm³/mol. The Morgan fingerprint density at radius 2 is 1.85 bits per heavy atom. The van der Waals surface area contributed by atoms with Crippen molar-refractivity contribution in [1.82, 2.24) is 14.6 Å². The van der Waals surface area contributed by atoms with Crippen LogP contribution in [0.1, 0.15) is 28.9 Å². The van der Waals surface area contributed by atoms with E-state index in [9.17, 15) is 26.8 Å². The van der Waals surface area contributed by atoms with Gasteiger partial charge in [-0.1, -0.05) is 6.07 Å². The van der Waals surface area contributed by atoms with Gasteiger partial charge in [0.15, 0.2) is 0 Å². The van der Waals surface area contributed by atoms with Crippen LogP contribution in [0, 0.1) is 11.6 Å². The molecule has 174 valence electrons. The van der Waals surface area contributed by atoms with E-state index < -0.39 is 39.2 Å². The van der Waals surface area contributed by atoms with E-state index in [1.165, 1.54) is 35.5 Å². The van der Waals surface area contributed by atoms with Gasteiger partial charge in [0.1, 0.15) is 11.6 Å². The Hall–Kier alpha value is -3.15. The maximum Gasteiger partial charge on any atom is 0.252 e. The van der Waals surface area contributed by atoms with Gasteiger partial charge >= 0.3 is 0 Å². The smallest absolute Gasteiger partial charge is 0.252 e. The minimum atomic E-state index is -3.84. The van der Waals surface area contributed by atoms with Gasteiger partial charge in [0.25, 0.3) is 5.91 Å². The number of pyridine rings is 1. The van der Waals surface area contributed by atoms with Crippen LogP contribution in [-0.2, 0) is 14.8 Å². The summed E-state index contributed by atoms with van der Waals surface area (Å²) in [6.45, 7) is 2.50. The fourth-order valence-corrected chi connectivity index (χ4v) is 5.16. The van der Waals surface area contributed by atoms with Crippen molar-refractivity contribution in [2.75, 3.05) is 26.3 Å². The largest absolute Gasteiger partial charge is 0.379 e. The van der Waals surface area contributed by atoms with E-state index in [0.29, 0.717) is 6.07 Å². The molecule has 1 amide bonds. The molecule has 0 spiro atoms. The number of H-pyrrole nitrogens is 1. The number of rotatable bonds is 5. The number of amides is 1. The third kappa shape index (κ3) is 4.65. The van der Waals surface area contributed by atoms with Crippen LogP contribution in [0.4, 0.5) is 8.78 Å². The monoisotopic (exact) mass is 477 g/mol. The topological polar surface area (TPSA) is 109 Å². The van der Waals surface area contributed by atoms with Crippen LogP contribution in [-0.4, -0.2) is 49.9 Å². The van der Waals surface area contributed by atoms with Gasteiger partial charge in [0, 0.05) is 41.7 Å². The molecule has 0 saturated carbocycles. The lowest BCUT2D eigenvalue weighted by atomic mass is 10.1. The first-order valence-electron chi connectivity index (χ1n) is 10.2. The molecule has 3 aromatic rings. The number of benzene rings is 2. The Morgan fingerprint density at radius 3 is 2.55 bits per heavy atom. The maximum atomic E-state index is 14.1. The van der Waals surface area contributed by atoms with E-state index in [1.807, 2.05) is 0 Å². The van der Waals surface area contributed by atoms with Crippen LogP contribution in [0.3, 0.4) is 0 Å². The molecule has 4 rings (SSSR count). The molecule has 1 aromatic heterocycles. The Balaban J connectivity index is 1.71. The minimum absolute atomic E-state index is 0.0318. The molecule has 0 bridgehead atoms. The fourth-order valence-electron chi connectivity index (χ4n) is 3.72. The van der Waals surface area contributed by atoms with E-state index in [2.05, 4.69) is 10.3 Å². The van der Waals surface area contributed by atoms with Gasteiger partial charge in [-0.05, 0) is 31.2 Å². The van der Waals surface area contributed by atoms with Crippen LogP contribution in [0.2, 0.25) is 0 Å². The second kappa shape index (κ2) is 9.00. The minimum Gasteiger partial charge on any atom is -0.379 e. The fraction of sp³-hybridized carbons (Fsp3) is 0.273. The third-order valence-corrected chi connectivity index (χ3v) is 7.34. The zero-order valence-electron chi connectivity index (χ0n) is 17.6. The Labute approximate surface area is 188 Å². The number of hydrogen-bond donors (Lipinski definition) is 2. The number of sulfonamides is 1. The summed E-state index contributed by atoms with van der Waals surface area (Å²) < 4.78 is 59.9. The number of carbonyl (C=O) groups is 1. The molecule has 1 aliphatic heterocycles. The standard InChI is InChI=1S/C22H21F2N3O5S/c1-13(16-4-2-14(23)10-19(16)24)25-22(29)18-12-21(28)26-20-5-3-15(11-17(18)20)33(30,31)27-6-8-32-9-7-27/h2-5,10-13H,6-9H2,1H3,(H,25,29)(H,26,28). The normalized spacial score (nSPS) is 16.0. The molecule has 8 nitrogen and oxygen atoms in total. The summed E-state index contributed by atoms with van der Waals surface area (Å²) in [7, 11) is -3.84. The summed E-state index contributed by atoms with van der Waals surface area (Å²) in [5.74, 6) is -2.27. The molecule has 0 aliphatic carbocycles. The van der Waals surface area contributed by atoms with Crippen molar-refractivity contribution >= 4 is 26.8 Å². The van der Waals surface area contributed by atoms with Crippen molar-refractivity contribution < 1.29 is 26.7 Å². The first-order valence-corrected chi connectivity index (χ1v) is 11.6. The van der Waals surface area contributed by atoms with Gasteiger partial charge in [-0.3, -0.25) is 9.59 Å². The number of morpholine rings is 1. The van der Waals surface area contributed by atoms with Crippen molar-refractivity contribution in [2.45, 2.75) is 17.9 Å². The van der Waals surface area contributed by atoms with E-state index in [-0.39, 0.29) is 53.2 Å². The highest BCUT2D eigenvalue weighted by Crippen LogP contribution is 2.24. The van der Waals surface area contributed by atoms with E-state index in [4.69, 9.17) is 4.74 Å². The van der Waals surface area contributed by atoms with E-state index in [1.54, 1.807) is 0 Å². The first kappa shape index (κ1) is 23.0. The lowest BCUT2D eigenvalue weighted by Crippen LogP contribution is -2.40. The lowest BCUT2D eigenvalue weighted by Gasteiger charge is -2.26. The summed E-state index contributed by atoms with van der Waals surface area (Å²) in [5, 5.41) is 2.80. The number of carbonyl (C=O) groups excluding carboxylic acids is 1.